The number of ketones is 2. The zero-order chi connectivity index (χ0) is 30.9. The number of amides is 6. The Hall–Kier alpha value is -3.57. The van der Waals surface area contributed by atoms with Crippen molar-refractivity contribution in [1.29, 1.82) is 0 Å². The number of imide groups is 1. The van der Waals surface area contributed by atoms with Gasteiger partial charge in [-0.25, -0.2) is 4.79 Å². The number of carbonyl (C=O) groups excluding carboxylic acids is 7. The number of primary amides is 1. The van der Waals surface area contributed by atoms with Crippen LogP contribution in [-0.4, -0.2) is 71.3 Å². The third-order valence-electron chi connectivity index (χ3n) is 6.51. The molecule has 12 nitrogen and oxygen atoms in total. The van der Waals surface area contributed by atoms with Gasteiger partial charge in [0.05, 0.1) is 6.04 Å². The molecule has 0 spiro atoms. The first-order valence-electron chi connectivity index (χ1n) is 14.6. The van der Waals surface area contributed by atoms with Gasteiger partial charge in [-0.15, -0.1) is 0 Å². The minimum atomic E-state index is -0.902. The summed E-state index contributed by atoms with van der Waals surface area (Å²) in [5.41, 5.74) is 5.08. The van der Waals surface area contributed by atoms with Crippen LogP contribution in [0.3, 0.4) is 0 Å². The van der Waals surface area contributed by atoms with E-state index in [1.54, 1.807) is 6.92 Å². The van der Waals surface area contributed by atoms with Crippen molar-refractivity contribution in [2.45, 2.75) is 97.5 Å². The van der Waals surface area contributed by atoms with Crippen molar-refractivity contribution in [2.24, 2.45) is 17.6 Å². The molecule has 0 bridgehead atoms. The second-order valence-corrected chi connectivity index (χ2v) is 10.5. The smallest absolute Gasteiger partial charge is 0.312 e. The van der Waals surface area contributed by atoms with E-state index in [1.165, 1.54) is 12.2 Å². The number of nitrogens with one attached hydrogen (secondary N) is 3. The van der Waals surface area contributed by atoms with E-state index in [-0.39, 0.29) is 86.8 Å². The Morgan fingerprint density at radius 2 is 1.60 bits per heavy atom. The van der Waals surface area contributed by atoms with E-state index in [9.17, 15) is 33.6 Å². The minimum Gasteiger partial charge on any atom is -0.354 e. The molecule has 3 atom stereocenters. The SMILES string of the molecule is [2H]C[C@@H](C)NC(=O)CCC(=O)[C@H](CCCNC(N)=O)NC(=O)[C@@H](CC(=O)CCCCCN1C(=O)C=CC1=O)C(C)C. The van der Waals surface area contributed by atoms with Crippen LogP contribution in [0.1, 0.15) is 86.8 Å². The average molecular weight is 565 g/mol. The molecule has 12 heteroatoms. The molecule has 0 unspecified atom stereocenters. The topological polar surface area (TPSA) is 185 Å². The molecule has 0 aliphatic carbocycles. The average Bonchev–Trinajstić information content (AvgIpc) is 3.23. The number of hydrogen-bond acceptors (Lipinski definition) is 7. The van der Waals surface area contributed by atoms with Crippen LogP contribution in [0, 0.1) is 11.8 Å². The van der Waals surface area contributed by atoms with E-state index in [0.29, 0.717) is 32.2 Å². The number of carbonyl (C=O) groups is 7. The number of rotatable bonds is 20. The number of urea groups is 1. The lowest BCUT2D eigenvalue weighted by molar-refractivity contribution is -0.137. The lowest BCUT2D eigenvalue weighted by Crippen LogP contribution is -2.46. The lowest BCUT2D eigenvalue weighted by atomic mass is 9.88. The standard InChI is InChI=1S/C28H45N5O7/c1-18(2)21(17-20(34)9-6-5-7-16-33-25(37)13-14-26(33)38)27(39)32-22(10-8-15-30-28(29)40)23(35)11-12-24(36)31-19(3)4/h13-14,18-19,21-22H,5-12,15-17H2,1-4H3,(H,31,36)(H,32,39)(H3,29,30,40)/t21-,22-/m0/s1/i3D/t19-,21-,22-. The van der Waals surface area contributed by atoms with Crippen LogP contribution in [0.2, 0.25) is 0 Å². The Labute approximate surface area is 237 Å². The maximum atomic E-state index is 13.2. The summed E-state index contributed by atoms with van der Waals surface area (Å²) >= 11 is 0. The van der Waals surface area contributed by atoms with Crippen LogP contribution in [0.4, 0.5) is 4.79 Å². The normalized spacial score (nSPS) is 15.4. The lowest BCUT2D eigenvalue weighted by Gasteiger charge is -2.24. The number of nitrogens with two attached hydrogens (primary N) is 1. The largest absolute Gasteiger partial charge is 0.354 e. The Balaban J connectivity index is 2.65. The van der Waals surface area contributed by atoms with Crippen molar-refractivity contribution < 1.29 is 34.9 Å². The quantitative estimate of drug-likeness (QED) is 0.127. The Bertz CT molecular complexity index is 967. The van der Waals surface area contributed by atoms with Crippen LogP contribution in [0.15, 0.2) is 12.2 Å². The molecule has 0 saturated heterocycles. The number of Topliss-reactive ketones (excluding diaryl/α,β-unsaturated/α-hetero) is 2. The number of hydrogen-bond donors (Lipinski definition) is 4. The van der Waals surface area contributed by atoms with Gasteiger partial charge in [0.25, 0.3) is 11.8 Å². The summed E-state index contributed by atoms with van der Waals surface area (Å²) < 4.78 is 7.29. The van der Waals surface area contributed by atoms with Crippen LogP contribution >= 0.6 is 0 Å². The molecule has 0 aromatic carbocycles. The second kappa shape index (κ2) is 17.9. The molecule has 224 valence electrons. The van der Waals surface area contributed by atoms with Crippen molar-refractivity contribution in [2.75, 3.05) is 13.1 Å². The molecule has 0 aromatic rings. The summed E-state index contributed by atoms with van der Waals surface area (Å²) in [6.07, 6.45) is 4.89. The molecule has 1 rings (SSSR count). The highest BCUT2D eigenvalue weighted by Gasteiger charge is 2.29. The van der Waals surface area contributed by atoms with Crippen molar-refractivity contribution in [1.82, 2.24) is 20.9 Å². The first-order valence-corrected chi connectivity index (χ1v) is 13.9. The van der Waals surface area contributed by atoms with Gasteiger partial charge in [-0.2, -0.15) is 0 Å². The Morgan fingerprint density at radius 1 is 0.925 bits per heavy atom. The Kier molecular flexibility index (Phi) is 14.6. The molecule has 40 heavy (non-hydrogen) atoms. The molecular weight excluding hydrogens is 518 g/mol. The summed E-state index contributed by atoms with van der Waals surface area (Å²) in [7, 11) is 0. The maximum Gasteiger partial charge on any atom is 0.312 e. The molecule has 6 amide bonds. The zero-order valence-corrected chi connectivity index (χ0v) is 23.8. The minimum absolute atomic E-state index is 0.00801. The Morgan fingerprint density at radius 3 is 2.20 bits per heavy atom. The van der Waals surface area contributed by atoms with Crippen LogP contribution in [0.5, 0.6) is 0 Å². The molecule has 1 aliphatic rings. The van der Waals surface area contributed by atoms with E-state index < -0.39 is 23.9 Å². The van der Waals surface area contributed by atoms with Crippen molar-refractivity contribution in [3.63, 3.8) is 0 Å². The van der Waals surface area contributed by atoms with Crippen molar-refractivity contribution >= 4 is 41.2 Å². The van der Waals surface area contributed by atoms with Gasteiger partial charge >= 0.3 is 6.03 Å². The van der Waals surface area contributed by atoms with Gasteiger partial charge in [0, 0.05) is 64.3 Å². The van der Waals surface area contributed by atoms with Crippen molar-refractivity contribution in [3.05, 3.63) is 12.2 Å². The fourth-order valence-electron chi connectivity index (χ4n) is 4.27. The zero-order valence-electron chi connectivity index (χ0n) is 24.8. The van der Waals surface area contributed by atoms with Gasteiger partial charge in [-0.3, -0.25) is 33.7 Å². The summed E-state index contributed by atoms with van der Waals surface area (Å²) in [6, 6.07) is -1.95. The molecule has 5 N–H and O–H groups in total. The van der Waals surface area contributed by atoms with Gasteiger partial charge in [-0.1, -0.05) is 20.3 Å². The van der Waals surface area contributed by atoms with Crippen molar-refractivity contribution in [3.8, 4) is 0 Å². The molecule has 0 aromatic heterocycles. The van der Waals surface area contributed by atoms with Gasteiger partial charge in [0.15, 0.2) is 5.78 Å². The number of unbranched alkanes of at least 4 members (excludes halogenated alkanes) is 2. The van der Waals surface area contributed by atoms with Gasteiger partial charge < -0.3 is 21.7 Å². The predicted octanol–water partition coefficient (Wildman–Crippen LogP) is 1.51. The van der Waals surface area contributed by atoms with E-state index in [4.69, 9.17) is 7.10 Å². The number of nitrogens with zero attached hydrogens (tertiary/aromatic N) is 1. The van der Waals surface area contributed by atoms with Gasteiger partial charge in [0.2, 0.25) is 11.8 Å². The highest BCUT2D eigenvalue weighted by atomic mass is 16.2. The first kappa shape index (κ1) is 32.6. The molecule has 1 heterocycles. The molecule has 0 fully saturated rings. The molecular formula is C28H45N5O7. The summed E-state index contributed by atoms with van der Waals surface area (Å²) in [4.78, 5) is 86.2. The fourth-order valence-corrected chi connectivity index (χ4v) is 4.27. The monoisotopic (exact) mass is 564 g/mol. The second-order valence-electron chi connectivity index (χ2n) is 10.5. The summed E-state index contributed by atoms with van der Waals surface area (Å²) in [5.74, 6) is -2.73. The van der Waals surface area contributed by atoms with E-state index >= 15 is 0 Å². The van der Waals surface area contributed by atoms with E-state index in [0.717, 1.165) is 4.90 Å². The molecule has 1 aliphatic heterocycles. The summed E-state index contributed by atoms with van der Waals surface area (Å²) in [6.45, 7) is 5.84. The van der Waals surface area contributed by atoms with Gasteiger partial charge in [-0.05, 0) is 45.4 Å². The van der Waals surface area contributed by atoms with Crippen LogP contribution < -0.4 is 21.7 Å². The fraction of sp³-hybridized carbons (Fsp3) is 0.679. The molecule has 0 radical (unpaired) electrons. The third-order valence-corrected chi connectivity index (χ3v) is 6.51. The van der Waals surface area contributed by atoms with E-state index in [2.05, 4.69) is 16.0 Å². The molecule has 0 saturated carbocycles. The maximum absolute atomic E-state index is 13.2. The predicted molar refractivity (Wildman–Crippen MR) is 149 cm³/mol. The highest BCUT2D eigenvalue weighted by Crippen LogP contribution is 2.19. The van der Waals surface area contributed by atoms with E-state index in [1.807, 2.05) is 13.8 Å². The van der Waals surface area contributed by atoms with Gasteiger partial charge in [0.1, 0.15) is 5.78 Å². The first-order chi connectivity index (χ1) is 19.3. The van der Waals surface area contributed by atoms with Crippen LogP contribution in [0.25, 0.3) is 0 Å². The highest BCUT2D eigenvalue weighted by molar-refractivity contribution is 6.12. The van der Waals surface area contributed by atoms with Crippen LogP contribution in [-0.2, 0) is 28.8 Å². The summed E-state index contributed by atoms with van der Waals surface area (Å²) in [5, 5.41) is 7.82. The third kappa shape index (κ3) is 13.5.